The van der Waals surface area contributed by atoms with Gasteiger partial charge in [-0.1, -0.05) is 19.3 Å². The van der Waals surface area contributed by atoms with Crippen molar-refractivity contribution >= 4 is 35.6 Å². The van der Waals surface area contributed by atoms with Gasteiger partial charge >= 0.3 is 0 Å². The molecule has 0 aromatic heterocycles. The summed E-state index contributed by atoms with van der Waals surface area (Å²) < 4.78 is 10.6. The third-order valence-corrected chi connectivity index (χ3v) is 4.60. The molecule has 1 aromatic rings. The lowest BCUT2D eigenvalue weighted by Crippen LogP contribution is -2.35. The first-order valence-electron chi connectivity index (χ1n) is 8.63. The van der Waals surface area contributed by atoms with E-state index in [0.717, 1.165) is 18.0 Å². The van der Waals surface area contributed by atoms with Crippen LogP contribution in [0.2, 0.25) is 0 Å². The first-order valence-corrected chi connectivity index (χ1v) is 8.63. The number of guanidine groups is 1. The average Bonchev–Trinajstić information content (AvgIpc) is 2.62. The first kappa shape index (κ1) is 21.8. The monoisotopic (exact) mass is 462 g/mol. The zero-order valence-corrected chi connectivity index (χ0v) is 17.8. The Hall–Kier alpha value is -1.22. The van der Waals surface area contributed by atoms with Gasteiger partial charge in [0.25, 0.3) is 0 Å². The number of anilines is 1. The van der Waals surface area contributed by atoms with Crippen molar-refractivity contribution in [1.29, 1.82) is 0 Å². The molecular weight excluding hydrogens is 431 g/mol. The first-order chi connectivity index (χ1) is 11.6. The van der Waals surface area contributed by atoms with Crippen molar-refractivity contribution in [3.63, 3.8) is 0 Å². The Morgan fingerprint density at radius 3 is 2.60 bits per heavy atom. The molecule has 7 heteroatoms. The summed E-state index contributed by atoms with van der Waals surface area (Å²) in [7, 11) is 5.43. The molecule has 2 rings (SSSR count). The number of nitrogens with zero attached hydrogens (tertiary/aromatic N) is 2. The number of benzene rings is 1. The largest absolute Gasteiger partial charge is 0.497 e. The quantitative estimate of drug-likeness (QED) is 0.370. The fraction of sp³-hybridized carbons (Fsp3) is 0.611. The number of halogens is 1. The molecule has 0 amide bonds. The Bertz CT molecular complexity index is 548. The molecule has 1 aromatic carbocycles. The summed E-state index contributed by atoms with van der Waals surface area (Å²) in [5, 5.41) is 3.09. The molecule has 0 heterocycles. The van der Waals surface area contributed by atoms with Crippen LogP contribution in [0.15, 0.2) is 23.2 Å². The number of ether oxygens (including phenoxy) is 2. The molecule has 0 aliphatic heterocycles. The van der Waals surface area contributed by atoms with Crippen LogP contribution in [0.25, 0.3) is 0 Å². The normalized spacial score (nSPS) is 15.6. The number of nitrogens with two attached hydrogens (primary N) is 1. The Labute approximate surface area is 168 Å². The van der Waals surface area contributed by atoms with Crippen molar-refractivity contribution in [1.82, 2.24) is 4.90 Å². The number of rotatable bonds is 7. The lowest BCUT2D eigenvalue weighted by atomic mass is 9.94. The van der Waals surface area contributed by atoms with Crippen LogP contribution in [0.5, 0.6) is 11.5 Å². The van der Waals surface area contributed by atoms with Crippen LogP contribution in [0.4, 0.5) is 5.69 Å². The molecule has 6 nitrogen and oxygen atoms in total. The number of aliphatic imine (C=N–C) groups is 1. The molecule has 0 radical (unpaired) electrons. The molecule has 142 valence electrons. The molecule has 0 unspecified atom stereocenters. The highest BCUT2D eigenvalue weighted by atomic mass is 127. The predicted molar refractivity (Wildman–Crippen MR) is 115 cm³/mol. The Morgan fingerprint density at radius 2 is 1.96 bits per heavy atom. The van der Waals surface area contributed by atoms with Crippen molar-refractivity contribution < 1.29 is 9.47 Å². The van der Waals surface area contributed by atoms with Gasteiger partial charge in [0.1, 0.15) is 11.5 Å². The van der Waals surface area contributed by atoms with E-state index in [9.17, 15) is 0 Å². The van der Waals surface area contributed by atoms with E-state index in [4.69, 9.17) is 15.2 Å². The van der Waals surface area contributed by atoms with Gasteiger partial charge in [-0.2, -0.15) is 0 Å². The Kier molecular flexibility index (Phi) is 9.96. The lowest BCUT2D eigenvalue weighted by Gasteiger charge is -2.30. The van der Waals surface area contributed by atoms with Crippen LogP contribution in [0.3, 0.4) is 0 Å². The van der Waals surface area contributed by atoms with E-state index in [1.807, 2.05) is 18.2 Å². The SMILES string of the molecule is COc1ccc(OC)c(NC(N)=NCCN(C)C2CCCCC2)c1.I. The van der Waals surface area contributed by atoms with E-state index in [1.165, 1.54) is 32.1 Å². The van der Waals surface area contributed by atoms with Crippen LogP contribution in [-0.2, 0) is 0 Å². The van der Waals surface area contributed by atoms with Gasteiger partial charge in [0.2, 0.25) is 0 Å². The standard InChI is InChI=1S/C18H30N4O2.HI/c1-22(14-7-5-4-6-8-14)12-11-20-18(19)21-16-13-15(23-2)9-10-17(16)24-3;/h9-10,13-14H,4-8,11-12H2,1-3H3,(H3,19,20,21);1H. The van der Waals surface area contributed by atoms with Gasteiger partial charge in [0.05, 0.1) is 26.5 Å². The molecule has 1 fully saturated rings. The summed E-state index contributed by atoms with van der Waals surface area (Å²) in [4.78, 5) is 6.84. The minimum atomic E-state index is 0. The second kappa shape index (κ2) is 11.4. The van der Waals surface area contributed by atoms with Gasteiger partial charge in [-0.25, -0.2) is 0 Å². The fourth-order valence-electron chi connectivity index (χ4n) is 3.12. The molecule has 0 atom stereocenters. The van der Waals surface area contributed by atoms with Crippen molar-refractivity contribution in [3.8, 4) is 11.5 Å². The molecule has 3 N–H and O–H groups in total. The summed E-state index contributed by atoms with van der Waals surface area (Å²) >= 11 is 0. The molecule has 25 heavy (non-hydrogen) atoms. The highest BCUT2D eigenvalue weighted by molar-refractivity contribution is 14.0. The summed E-state index contributed by atoms with van der Waals surface area (Å²) in [5.41, 5.74) is 6.76. The van der Waals surface area contributed by atoms with E-state index in [2.05, 4.69) is 22.3 Å². The highest BCUT2D eigenvalue weighted by Crippen LogP contribution is 2.28. The summed E-state index contributed by atoms with van der Waals surface area (Å²) in [6.07, 6.45) is 6.67. The lowest BCUT2D eigenvalue weighted by molar-refractivity contribution is 0.196. The zero-order chi connectivity index (χ0) is 17.4. The fourth-order valence-corrected chi connectivity index (χ4v) is 3.12. The van der Waals surface area contributed by atoms with E-state index < -0.39 is 0 Å². The van der Waals surface area contributed by atoms with Gasteiger partial charge in [0, 0.05) is 18.7 Å². The number of hydrogen-bond donors (Lipinski definition) is 2. The van der Waals surface area contributed by atoms with E-state index >= 15 is 0 Å². The second-order valence-corrected chi connectivity index (χ2v) is 6.23. The van der Waals surface area contributed by atoms with Crippen LogP contribution in [-0.4, -0.2) is 51.3 Å². The van der Waals surface area contributed by atoms with Gasteiger partial charge in [-0.05, 0) is 32.0 Å². The minimum Gasteiger partial charge on any atom is -0.497 e. The minimum absolute atomic E-state index is 0. The molecular formula is C18H31IN4O2. The molecule has 0 saturated heterocycles. The van der Waals surface area contributed by atoms with Crippen molar-refractivity contribution in [3.05, 3.63) is 18.2 Å². The Morgan fingerprint density at radius 1 is 1.24 bits per heavy atom. The predicted octanol–water partition coefficient (Wildman–Crippen LogP) is 3.31. The van der Waals surface area contributed by atoms with E-state index in [0.29, 0.717) is 24.3 Å². The highest BCUT2D eigenvalue weighted by Gasteiger charge is 2.17. The van der Waals surface area contributed by atoms with Crippen molar-refractivity contribution in [2.45, 2.75) is 38.1 Å². The number of likely N-dealkylation sites (N-methyl/N-ethyl adjacent to an activating group) is 1. The molecule has 0 bridgehead atoms. The van der Waals surface area contributed by atoms with Gasteiger partial charge < -0.3 is 25.4 Å². The number of nitrogens with one attached hydrogen (secondary N) is 1. The van der Waals surface area contributed by atoms with E-state index in [-0.39, 0.29) is 24.0 Å². The molecule has 0 spiro atoms. The number of methoxy groups -OCH3 is 2. The van der Waals surface area contributed by atoms with Gasteiger partial charge in [0.15, 0.2) is 5.96 Å². The number of hydrogen-bond acceptors (Lipinski definition) is 4. The van der Waals surface area contributed by atoms with Crippen LogP contribution < -0.4 is 20.5 Å². The molecule has 1 aliphatic rings. The van der Waals surface area contributed by atoms with E-state index in [1.54, 1.807) is 14.2 Å². The Balaban J connectivity index is 0.00000312. The smallest absolute Gasteiger partial charge is 0.193 e. The van der Waals surface area contributed by atoms with Gasteiger partial charge in [-0.3, -0.25) is 4.99 Å². The maximum atomic E-state index is 6.01. The summed E-state index contributed by atoms with van der Waals surface area (Å²) in [5.74, 6) is 1.83. The summed E-state index contributed by atoms with van der Waals surface area (Å²) in [6, 6.07) is 6.22. The maximum Gasteiger partial charge on any atom is 0.193 e. The maximum absolute atomic E-state index is 6.01. The molecule has 1 saturated carbocycles. The van der Waals surface area contributed by atoms with Crippen LogP contribution in [0.1, 0.15) is 32.1 Å². The van der Waals surface area contributed by atoms with Crippen LogP contribution in [0, 0.1) is 0 Å². The zero-order valence-electron chi connectivity index (χ0n) is 15.5. The third kappa shape index (κ3) is 6.89. The van der Waals surface area contributed by atoms with Crippen molar-refractivity contribution in [2.24, 2.45) is 10.7 Å². The molecule has 1 aliphatic carbocycles. The summed E-state index contributed by atoms with van der Waals surface area (Å²) in [6.45, 7) is 1.60. The van der Waals surface area contributed by atoms with Crippen molar-refractivity contribution in [2.75, 3.05) is 39.7 Å². The third-order valence-electron chi connectivity index (χ3n) is 4.60. The second-order valence-electron chi connectivity index (χ2n) is 6.23. The average molecular weight is 462 g/mol. The van der Waals surface area contributed by atoms with Crippen LogP contribution >= 0.6 is 24.0 Å². The van der Waals surface area contributed by atoms with Gasteiger partial charge in [-0.15, -0.1) is 24.0 Å². The topological polar surface area (TPSA) is 72.1 Å².